The molecule has 0 heterocycles. The van der Waals surface area contributed by atoms with Crippen LogP contribution in [-0.2, 0) is 14.8 Å². The van der Waals surface area contributed by atoms with Crippen molar-refractivity contribution in [2.75, 3.05) is 27.3 Å². The molecule has 8 heteroatoms. The molecule has 0 saturated carbocycles. The summed E-state index contributed by atoms with van der Waals surface area (Å²) in [6, 6.07) is 2.07. The Labute approximate surface area is 123 Å². The molecule has 21 heavy (non-hydrogen) atoms. The van der Waals surface area contributed by atoms with Crippen molar-refractivity contribution in [1.82, 2.24) is 4.90 Å². The minimum absolute atomic E-state index is 0.0511. The van der Waals surface area contributed by atoms with Gasteiger partial charge in [-0.05, 0) is 31.0 Å². The maximum absolute atomic E-state index is 14.1. The van der Waals surface area contributed by atoms with Crippen molar-refractivity contribution in [3.63, 3.8) is 0 Å². The van der Waals surface area contributed by atoms with Gasteiger partial charge in [-0.25, -0.2) is 17.9 Å². The Balaban J connectivity index is 3.11. The molecular weight excluding hydrogens is 299 g/mol. The van der Waals surface area contributed by atoms with E-state index in [4.69, 9.17) is 9.88 Å². The van der Waals surface area contributed by atoms with Crippen molar-refractivity contribution in [1.29, 1.82) is 0 Å². The van der Waals surface area contributed by atoms with Crippen molar-refractivity contribution in [3.05, 3.63) is 29.1 Å². The number of hydrogen-bond acceptors (Lipinski definition) is 4. The Morgan fingerprint density at radius 2 is 2.05 bits per heavy atom. The van der Waals surface area contributed by atoms with E-state index in [2.05, 4.69) is 0 Å². The van der Waals surface area contributed by atoms with Gasteiger partial charge in [0.15, 0.2) is 0 Å². The molecule has 0 fully saturated rings. The van der Waals surface area contributed by atoms with Crippen LogP contribution in [0, 0.1) is 12.7 Å². The number of carbonyl (C=O) groups is 1. The summed E-state index contributed by atoms with van der Waals surface area (Å²) < 4.78 is 41.7. The molecule has 0 aromatic heterocycles. The van der Waals surface area contributed by atoms with Crippen molar-refractivity contribution >= 4 is 15.9 Å². The summed E-state index contributed by atoms with van der Waals surface area (Å²) >= 11 is 0. The lowest BCUT2D eigenvalue weighted by atomic mass is 10.1. The quantitative estimate of drug-likeness (QED) is 0.789. The van der Waals surface area contributed by atoms with Gasteiger partial charge >= 0.3 is 0 Å². The number of carbonyl (C=O) groups excluding carboxylic acids is 1. The van der Waals surface area contributed by atoms with Gasteiger partial charge in [0.1, 0.15) is 5.82 Å². The van der Waals surface area contributed by atoms with Gasteiger partial charge in [0.05, 0.1) is 10.5 Å². The summed E-state index contributed by atoms with van der Waals surface area (Å²) in [7, 11) is -0.950. The average Bonchev–Trinajstić information content (AvgIpc) is 2.39. The minimum atomic E-state index is -4.00. The van der Waals surface area contributed by atoms with Gasteiger partial charge in [-0.15, -0.1) is 0 Å². The number of nitrogens with two attached hydrogens (primary N) is 1. The zero-order valence-electron chi connectivity index (χ0n) is 12.2. The number of rotatable bonds is 6. The molecule has 1 rings (SSSR count). The molecule has 0 aliphatic heterocycles. The van der Waals surface area contributed by atoms with Crippen LogP contribution in [0.15, 0.2) is 17.0 Å². The molecule has 118 valence electrons. The number of sulfonamides is 1. The van der Waals surface area contributed by atoms with Crippen molar-refractivity contribution in [2.45, 2.75) is 18.2 Å². The third-order valence-corrected chi connectivity index (χ3v) is 3.87. The molecule has 2 N–H and O–H groups in total. The maximum atomic E-state index is 14.1. The third-order valence-electron chi connectivity index (χ3n) is 2.98. The molecule has 0 saturated heterocycles. The summed E-state index contributed by atoms with van der Waals surface area (Å²) in [6.07, 6.45) is 0.591. The monoisotopic (exact) mass is 318 g/mol. The first-order valence-electron chi connectivity index (χ1n) is 6.25. The van der Waals surface area contributed by atoms with Crippen LogP contribution in [0.5, 0.6) is 0 Å². The molecule has 0 aliphatic rings. The Kier molecular flexibility index (Phi) is 5.82. The lowest BCUT2D eigenvalue weighted by molar-refractivity contribution is 0.0774. The van der Waals surface area contributed by atoms with Crippen LogP contribution in [0.25, 0.3) is 0 Å². The van der Waals surface area contributed by atoms with Gasteiger partial charge in [-0.2, -0.15) is 0 Å². The Bertz CT molecular complexity index is 631. The number of halogens is 1. The first-order valence-corrected chi connectivity index (χ1v) is 7.80. The van der Waals surface area contributed by atoms with Gasteiger partial charge in [0, 0.05) is 27.3 Å². The molecule has 6 nitrogen and oxygen atoms in total. The van der Waals surface area contributed by atoms with Crippen LogP contribution in [0.1, 0.15) is 22.3 Å². The third kappa shape index (κ3) is 4.48. The Morgan fingerprint density at radius 1 is 1.43 bits per heavy atom. The lowest BCUT2D eigenvalue weighted by Crippen LogP contribution is -2.29. The number of aryl methyl sites for hydroxylation is 1. The van der Waals surface area contributed by atoms with Crippen LogP contribution in [-0.4, -0.2) is 46.5 Å². The summed E-state index contributed by atoms with van der Waals surface area (Å²) in [5.41, 5.74) is -0.255. The molecular formula is C13H19FN2O4S. The minimum Gasteiger partial charge on any atom is -0.385 e. The Hall–Kier alpha value is -1.51. The number of primary sulfonamides is 1. The molecule has 0 atom stereocenters. The van der Waals surface area contributed by atoms with E-state index in [1.54, 1.807) is 7.11 Å². The van der Waals surface area contributed by atoms with Crippen LogP contribution >= 0.6 is 0 Å². The predicted octanol–water partition coefficient (Wildman–Crippen LogP) is 0.890. The summed E-state index contributed by atoms with van der Waals surface area (Å²) in [4.78, 5) is 13.2. The van der Waals surface area contributed by atoms with Crippen molar-refractivity contribution in [3.8, 4) is 0 Å². The van der Waals surface area contributed by atoms with E-state index in [0.717, 1.165) is 12.1 Å². The van der Waals surface area contributed by atoms with E-state index >= 15 is 0 Å². The van der Waals surface area contributed by atoms with Crippen LogP contribution in [0.3, 0.4) is 0 Å². The highest BCUT2D eigenvalue weighted by Crippen LogP contribution is 2.19. The summed E-state index contributed by atoms with van der Waals surface area (Å²) in [5.74, 6) is -1.34. The molecule has 0 aliphatic carbocycles. The summed E-state index contributed by atoms with van der Waals surface area (Å²) in [5, 5.41) is 5.03. The number of methoxy groups -OCH3 is 1. The van der Waals surface area contributed by atoms with E-state index in [1.807, 2.05) is 0 Å². The van der Waals surface area contributed by atoms with Gasteiger partial charge < -0.3 is 9.64 Å². The van der Waals surface area contributed by atoms with E-state index in [1.165, 1.54) is 18.9 Å². The molecule has 0 unspecified atom stereocenters. The SMILES string of the molecule is COCCCN(C)C(=O)c1cc(S(N)(=O)=O)cc(C)c1F. The standard InChI is InChI=1S/C13H19FN2O4S/c1-9-7-10(21(15,18)19)8-11(12(9)14)13(17)16(2)5-4-6-20-3/h7-8H,4-6H2,1-3H3,(H2,15,18,19). The fourth-order valence-electron chi connectivity index (χ4n) is 1.81. The Morgan fingerprint density at radius 3 is 2.57 bits per heavy atom. The second-order valence-electron chi connectivity index (χ2n) is 4.72. The largest absolute Gasteiger partial charge is 0.385 e. The fraction of sp³-hybridized carbons (Fsp3) is 0.462. The lowest BCUT2D eigenvalue weighted by Gasteiger charge is -2.18. The zero-order chi connectivity index (χ0) is 16.2. The molecule has 1 amide bonds. The highest BCUT2D eigenvalue weighted by molar-refractivity contribution is 7.89. The normalized spacial score (nSPS) is 11.5. The first kappa shape index (κ1) is 17.5. The number of ether oxygens (including phenoxy) is 1. The van der Waals surface area contributed by atoms with Crippen LogP contribution in [0.4, 0.5) is 4.39 Å². The maximum Gasteiger partial charge on any atom is 0.256 e. The van der Waals surface area contributed by atoms with Crippen molar-refractivity contribution in [2.24, 2.45) is 5.14 Å². The van der Waals surface area contributed by atoms with E-state index in [9.17, 15) is 17.6 Å². The zero-order valence-corrected chi connectivity index (χ0v) is 13.0. The van der Waals surface area contributed by atoms with Gasteiger partial charge in [-0.3, -0.25) is 4.79 Å². The van der Waals surface area contributed by atoms with Gasteiger partial charge in [0.25, 0.3) is 5.91 Å². The molecule has 1 aromatic rings. The van der Waals surface area contributed by atoms with Crippen LogP contribution < -0.4 is 5.14 Å². The molecule has 0 bridgehead atoms. The van der Waals surface area contributed by atoms with E-state index < -0.39 is 21.7 Å². The topological polar surface area (TPSA) is 89.7 Å². The second-order valence-corrected chi connectivity index (χ2v) is 6.28. The second kappa shape index (κ2) is 6.97. The highest BCUT2D eigenvalue weighted by Gasteiger charge is 2.21. The molecule has 1 aromatic carbocycles. The molecule has 0 radical (unpaired) electrons. The van der Waals surface area contributed by atoms with Gasteiger partial charge in [0.2, 0.25) is 10.0 Å². The predicted molar refractivity (Wildman–Crippen MR) is 76.0 cm³/mol. The number of benzene rings is 1. The smallest absolute Gasteiger partial charge is 0.256 e. The number of hydrogen-bond donors (Lipinski definition) is 1. The number of nitrogens with zero attached hydrogens (tertiary/aromatic N) is 1. The van der Waals surface area contributed by atoms with E-state index in [0.29, 0.717) is 19.6 Å². The van der Waals surface area contributed by atoms with E-state index in [-0.39, 0.29) is 16.0 Å². The fourth-order valence-corrected chi connectivity index (χ4v) is 2.43. The number of amides is 1. The van der Waals surface area contributed by atoms with Crippen LogP contribution in [0.2, 0.25) is 0 Å². The van der Waals surface area contributed by atoms with Gasteiger partial charge in [-0.1, -0.05) is 0 Å². The molecule has 0 spiro atoms. The average molecular weight is 318 g/mol. The summed E-state index contributed by atoms with van der Waals surface area (Å²) in [6.45, 7) is 2.22. The first-order chi connectivity index (χ1) is 9.68. The highest BCUT2D eigenvalue weighted by atomic mass is 32.2. The van der Waals surface area contributed by atoms with Crippen molar-refractivity contribution < 1.29 is 22.3 Å².